The second-order valence-electron chi connectivity index (χ2n) is 4.07. The van der Waals surface area contributed by atoms with Crippen molar-refractivity contribution in [3.05, 3.63) is 0 Å². The number of hydrogen-bond acceptors (Lipinski definition) is 7. The van der Waals surface area contributed by atoms with Gasteiger partial charge >= 0.3 is 5.97 Å². The smallest absolute Gasteiger partial charge is 0.375 e. The Labute approximate surface area is 98.4 Å². The maximum absolute atomic E-state index is 11.5. The molecule has 2 aliphatic heterocycles. The van der Waals surface area contributed by atoms with E-state index >= 15 is 0 Å². The lowest BCUT2D eigenvalue weighted by atomic mass is 10.1. The van der Waals surface area contributed by atoms with Crippen molar-refractivity contribution in [2.24, 2.45) is 5.10 Å². The largest absolute Gasteiger partial charge is 0.460 e. The van der Waals surface area contributed by atoms with Crippen molar-refractivity contribution in [3.8, 4) is 0 Å². The lowest BCUT2D eigenvalue weighted by molar-refractivity contribution is -0.135. The molecule has 1 saturated heterocycles. The first-order valence-electron chi connectivity index (χ1n) is 5.53. The molecule has 0 spiro atoms. The Kier molecular flexibility index (Phi) is 3.01. The van der Waals surface area contributed by atoms with Gasteiger partial charge in [0.25, 0.3) is 0 Å². The Bertz CT molecular complexity index is 382. The molecule has 0 aromatic carbocycles. The van der Waals surface area contributed by atoms with Crippen LogP contribution in [0.5, 0.6) is 0 Å². The number of ether oxygens (including phenoxy) is 1. The summed E-state index contributed by atoms with van der Waals surface area (Å²) in [7, 11) is 0. The zero-order chi connectivity index (χ0) is 12.6. The van der Waals surface area contributed by atoms with Crippen molar-refractivity contribution in [3.63, 3.8) is 0 Å². The number of nitrogens with one attached hydrogen (secondary N) is 1. The minimum atomic E-state index is -0.723. The number of ketones is 1. The molecule has 0 aromatic heterocycles. The molecule has 0 saturated carbocycles. The van der Waals surface area contributed by atoms with Crippen LogP contribution in [0.2, 0.25) is 0 Å². The number of Topliss-reactive ketones (excluding diaryl/α,β-unsaturated/α-hetero) is 1. The molecule has 94 valence electrons. The number of nitrogens with zero attached hydrogens (tertiary/aromatic N) is 2. The molecule has 7 nitrogen and oxygen atoms in total. The van der Waals surface area contributed by atoms with Crippen molar-refractivity contribution < 1.29 is 19.4 Å². The molecule has 1 fully saturated rings. The second kappa shape index (κ2) is 4.33. The average Bonchev–Trinajstić information content (AvgIpc) is 2.80. The predicted octanol–water partition coefficient (Wildman–Crippen LogP) is -1.18. The normalized spacial score (nSPS) is 30.6. The van der Waals surface area contributed by atoms with Crippen LogP contribution < -0.4 is 5.32 Å². The van der Waals surface area contributed by atoms with Crippen LogP contribution in [0, 0.1) is 0 Å². The van der Waals surface area contributed by atoms with Gasteiger partial charge in [0, 0.05) is 6.42 Å². The van der Waals surface area contributed by atoms with Gasteiger partial charge in [-0.1, -0.05) is 0 Å². The molecule has 3 atom stereocenters. The maximum Gasteiger partial charge on any atom is 0.375 e. The van der Waals surface area contributed by atoms with Crippen LogP contribution in [0.25, 0.3) is 0 Å². The number of hydrazone groups is 1. The summed E-state index contributed by atoms with van der Waals surface area (Å²) in [4.78, 5) is 22.8. The molecular weight excluding hydrogens is 226 g/mol. The van der Waals surface area contributed by atoms with E-state index in [2.05, 4.69) is 10.4 Å². The first kappa shape index (κ1) is 11.8. The van der Waals surface area contributed by atoms with Gasteiger partial charge in [-0.3, -0.25) is 9.80 Å². The third-order valence-electron chi connectivity index (χ3n) is 2.87. The predicted molar refractivity (Wildman–Crippen MR) is 57.9 cm³/mol. The van der Waals surface area contributed by atoms with E-state index in [1.165, 1.54) is 11.9 Å². The van der Waals surface area contributed by atoms with Crippen molar-refractivity contribution in [1.82, 2.24) is 10.3 Å². The van der Waals surface area contributed by atoms with Crippen LogP contribution >= 0.6 is 0 Å². The molecule has 0 aliphatic carbocycles. The standard InChI is InChI=1S/C10H15N3O4/c1-3-17-10(16)8-11-9-7(15)4-6(5(2)14)13(9)12-8/h6-7,9,15H,3-4H2,1-2H3,(H,11,12). The van der Waals surface area contributed by atoms with Gasteiger partial charge in [0.1, 0.15) is 12.2 Å². The second-order valence-corrected chi connectivity index (χ2v) is 4.07. The highest BCUT2D eigenvalue weighted by Crippen LogP contribution is 2.27. The van der Waals surface area contributed by atoms with Crippen molar-refractivity contribution >= 4 is 17.6 Å². The number of hydrogen-bond donors (Lipinski definition) is 2. The Balaban J connectivity index is 2.15. The fourth-order valence-corrected chi connectivity index (χ4v) is 2.07. The van der Waals surface area contributed by atoms with Crippen LogP contribution in [-0.4, -0.2) is 52.6 Å². The van der Waals surface area contributed by atoms with E-state index in [1.807, 2.05) is 0 Å². The fourth-order valence-electron chi connectivity index (χ4n) is 2.07. The van der Waals surface area contributed by atoms with Gasteiger partial charge < -0.3 is 15.2 Å². The minimum absolute atomic E-state index is 0.0434. The zero-order valence-corrected chi connectivity index (χ0v) is 9.71. The number of aliphatic hydroxyl groups excluding tert-OH is 1. The SMILES string of the molecule is CCOC(=O)C1=NN2C(C(C)=O)CC(O)C2N1. The van der Waals surface area contributed by atoms with Crippen LogP contribution in [0.4, 0.5) is 0 Å². The van der Waals surface area contributed by atoms with Crippen LogP contribution in [0.1, 0.15) is 20.3 Å². The molecule has 2 heterocycles. The Morgan fingerprint density at radius 1 is 1.65 bits per heavy atom. The summed E-state index contributed by atoms with van der Waals surface area (Å²) < 4.78 is 4.80. The van der Waals surface area contributed by atoms with Gasteiger partial charge in [-0.2, -0.15) is 0 Å². The number of amidine groups is 1. The Morgan fingerprint density at radius 2 is 2.35 bits per heavy atom. The molecule has 0 aromatic rings. The number of carbonyl (C=O) groups excluding carboxylic acids is 2. The average molecular weight is 241 g/mol. The molecule has 2 rings (SSSR count). The molecular formula is C10H15N3O4. The van der Waals surface area contributed by atoms with E-state index in [0.717, 1.165) is 0 Å². The topological polar surface area (TPSA) is 91.2 Å². The molecule has 2 N–H and O–H groups in total. The number of rotatable bonds is 3. The van der Waals surface area contributed by atoms with E-state index in [4.69, 9.17) is 4.74 Å². The molecule has 17 heavy (non-hydrogen) atoms. The summed E-state index contributed by atoms with van der Waals surface area (Å²) >= 11 is 0. The zero-order valence-electron chi connectivity index (χ0n) is 9.71. The summed E-state index contributed by atoms with van der Waals surface area (Å²) in [5.41, 5.74) is 0. The lowest BCUT2D eigenvalue weighted by Crippen LogP contribution is -2.44. The number of aliphatic hydroxyl groups is 1. The van der Waals surface area contributed by atoms with Gasteiger partial charge in [0.2, 0.25) is 5.84 Å². The van der Waals surface area contributed by atoms with Crippen molar-refractivity contribution in [1.29, 1.82) is 0 Å². The highest BCUT2D eigenvalue weighted by Gasteiger charge is 2.47. The lowest BCUT2D eigenvalue weighted by Gasteiger charge is -2.19. The number of fused-ring (bicyclic) bond motifs is 1. The van der Waals surface area contributed by atoms with Crippen molar-refractivity contribution in [2.45, 2.75) is 38.6 Å². The molecule has 2 aliphatic rings. The van der Waals surface area contributed by atoms with Gasteiger partial charge in [-0.25, -0.2) is 4.79 Å². The minimum Gasteiger partial charge on any atom is -0.460 e. The first-order valence-corrected chi connectivity index (χ1v) is 5.53. The highest BCUT2D eigenvalue weighted by atomic mass is 16.5. The first-order chi connectivity index (χ1) is 8.04. The van der Waals surface area contributed by atoms with Gasteiger partial charge in [-0.05, 0) is 13.8 Å². The van der Waals surface area contributed by atoms with Crippen LogP contribution in [0.3, 0.4) is 0 Å². The third-order valence-corrected chi connectivity index (χ3v) is 2.87. The fraction of sp³-hybridized carbons (Fsp3) is 0.700. The van der Waals surface area contributed by atoms with Crippen molar-refractivity contribution in [2.75, 3.05) is 6.61 Å². The highest BCUT2D eigenvalue weighted by molar-refractivity contribution is 6.35. The molecule has 0 radical (unpaired) electrons. The van der Waals surface area contributed by atoms with E-state index < -0.39 is 24.3 Å². The summed E-state index contributed by atoms with van der Waals surface area (Å²) in [6.07, 6.45) is -0.907. The summed E-state index contributed by atoms with van der Waals surface area (Å²) in [5.74, 6) is -0.611. The molecule has 0 amide bonds. The van der Waals surface area contributed by atoms with Gasteiger partial charge in [0.15, 0.2) is 5.78 Å². The third kappa shape index (κ3) is 1.97. The van der Waals surface area contributed by atoms with E-state index in [-0.39, 0.29) is 18.2 Å². The molecule has 3 unspecified atom stereocenters. The quantitative estimate of drug-likeness (QED) is 0.604. The number of esters is 1. The monoisotopic (exact) mass is 241 g/mol. The summed E-state index contributed by atoms with van der Waals surface area (Å²) in [6.45, 7) is 3.39. The Hall–Kier alpha value is -1.63. The molecule has 0 bridgehead atoms. The maximum atomic E-state index is 11.5. The molecule has 7 heteroatoms. The number of carbonyl (C=O) groups is 2. The van der Waals surface area contributed by atoms with Crippen LogP contribution in [0.15, 0.2) is 5.10 Å². The summed E-state index contributed by atoms with van der Waals surface area (Å²) in [5, 5.41) is 18.0. The van der Waals surface area contributed by atoms with E-state index in [1.54, 1.807) is 6.92 Å². The van der Waals surface area contributed by atoms with E-state index in [9.17, 15) is 14.7 Å². The summed E-state index contributed by atoms with van der Waals surface area (Å²) in [6, 6.07) is -0.477. The van der Waals surface area contributed by atoms with Gasteiger partial charge in [0.05, 0.1) is 12.7 Å². The van der Waals surface area contributed by atoms with Crippen LogP contribution in [-0.2, 0) is 14.3 Å². The Morgan fingerprint density at radius 3 is 2.94 bits per heavy atom. The van der Waals surface area contributed by atoms with E-state index in [0.29, 0.717) is 6.42 Å². The van der Waals surface area contributed by atoms with Gasteiger partial charge in [-0.15, -0.1) is 5.10 Å².